The van der Waals surface area contributed by atoms with Crippen molar-refractivity contribution < 1.29 is 4.79 Å². The number of allylic oxidation sites excluding steroid dienone is 4. The maximum atomic E-state index is 13.1. The molecular weight excluding hydrogens is 454 g/mol. The fourth-order valence-corrected chi connectivity index (χ4v) is 5.10. The minimum absolute atomic E-state index is 0.0461. The third-order valence-corrected chi connectivity index (χ3v) is 6.92. The second-order valence-electron chi connectivity index (χ2n) is 8.94. The Kier molecular flexibility index (Phi) is 10.4. The van der Waals surface area contributed by atoms with E-state index in [1.807, 2.05) is 45.2 Å². The van der Waals surface area contributed by atoms with E-state index in [9.17, 15) is 4.79 Å². The zero-order valence-electron chi connectivity index (χ0n) is 21.6. The Balaban J connectivity index is 0.00000167. The maximum absolute atomic E-state index is 13.1. The van der Waals surface area contributed by atoms with Gasteiger partial charge in [0, 0.05) is 33.6 Å². The molecule has 3 N–H and O–H groups in total. The van der Waals surface area contributed by atoms with E-state index in [0.717, 1.165) is 84.6 Å². The topological polar surface area (TPSA) is 56.9 Å². The van der Waals surface area contributed by atoms with Crippen LogP contribution < -0.4 is 10.6 Å². The summed E-state index contributed by atoms with van der Waals surface area (Å²) in [6, 6.07) is 8.41. The van der Waals surface area contributed by atoms with E-state index in [4.69, 9.17) is 11.6 Å². The molecule has 1 amide bonds. The van der Waals surface area contributed by atoms with E-state index in [0.29, 0.717) is 0 Å². The number of H-pyrrole nitrogens is 1. The van der Waals surface area contributed by atoms with Gasteiger partial charge in [-0.05, 0) is 87.5 Å². The van der Waals surface area contributed by atoms with Crippen LogP contribution in [0, 0.1) is 0 Å². The van der Waals surface area contributed by atoms with Gasteiger partial charge in [0.1, 0.15) is 0 Å². The summed E-state index contributed by atoms with van der Waals surface area (Å²) in [6.45, 7) is 7.18. The van der Waals surface area contributed by atoms with Crippen molar-refractivity contribution in [2.24, 2.45) is 0 Å². The number of benzene rings is 1. The number of unbranched alkanes of at least 4 members (excludes halogenated alkanes) is 1. The number of aromatic nitrogens is 1. The summed E-state index contributed by atoms with van der Waals surface area (Å²) in [5.74, 6) is 0.0433. The average molecular weight is 494 g/mol. The van der Waals surface area contributed by atoms with Crippen LogP contribution in [0.1, 0.15) is 86.9 Å². The molecule has 0 spiro atoms. The highest BCUT2D eigenvalue weighted by Crippen LogP contribution is 2.43. The highest BCUT2D eigenvalue weighted by molar-refractivity contribution is 6.35. The van der Waals surface area contributed by atoms with Gasteiger partial charge in [0.2, 0.25) is 0 Å². The average Bonchev–Trinajstić information content (AvgIpc) is 3.32. The third kappa shape index (κ3) is 6.56. The van der Waals surface area contributed by atoms with Crippen LogP contribution in [-0.2, 0) is 17.6 Å². The SMILES string of the molecule is CC.CCCCc1cc(CCCNC)c(/C=C2\C(=O)Nc3cccc(C4CCC=CC=C4Cl)c32)[nH]1. The minimum atomic E-state index is -0.0461. The zero-order chi connectivity index (χ0) is 25.2. The Bertz CT molecular complexity index is 1090. The molecule has 0 fully saturated rings. The third-order valence-electron chi connectivity index (χ3n) is 6.53. The number of halogens is 1. The molecule has 2 aromatic rings. The van der Waals surface area contributed by atoms with Crippen molar-refractivity contribution in [1.82, 2.24) is 10.3 Å². The van der Waals surface area contributed by atoms with Crippen LogP contribution in [0.25, 0.3) is 11.6 Å². The van der Waals surface area contributed by atoms with Crippen LogP contribution in [-0.4, -0.2) is 24.5 Å². The molecule has 0 saturated heterocycles. The van der Waals surface area contributed by atoms with Crippen LogP contribution >= 0.6 is 11.6 Å². The first-order valence-corrected chi connectivity index (χ1v) is 13.5. The first kappa shape index (κ1) is 27.0. The molecule has 1 aliphatic carbocycles. The van der Waals surface area contributed by atoms with E-state index in [1.165, 1.54) is 11.3 Å². The first-order valence-electron chi connectivity index (χ1n) is 13.2. The number of fused-ring (bicyclic) bond motifs is 1. The van der Waals surface area contributed by atoms with Gasteiger partial charge in [-0.15, -0.1) is 0 Å². The molecule has 4 nitrogen and oxygen atoms in total. The molecule has 5 heteroatoms. The predicted molar refractivity (Wildman–Crippen MR) is 151 cm³/mol. The lowest BCUT2D eigenvalue weighted by Crippen LogP contribution is -2.08. The smallest absolute Gasteiger partial charge is 0.256 e. The van der Waals surface area contributed by atoms with Crippen molar-refractivity contribution in [2.45, 2.75) is 71.6 Å². The number of carbonyl (C=O) groups excluding carboxylic acids is 1. The van der Waals surface area contributed by atoms with Crippen LogP contribution in [0.15, 0.2) is 47.5 Å². The zero-order valence-corrected chi connectivity index (χ0v) is 22.4. The molecule has 2 aliphatic rings. The van der Waals surface area contributed by atoms with Gasteiger partial charge >= 0.3 is 0 Å². The molecular formula is C30H40ClN3O. The fourth-order valence-electron chi connectivity index (χ4n) is 4.80. The van der Waals surface area contributed by atoms with Crippen molar-refractivity contribution in [3.05, 3.63) is 75.6 Å². The Morgan fingerprint density at radius 3 is 2.80 bits per heavy atom. The van der Waals surface area contributed by atoms with Crippen molar-refractivity contribution >= 4 is 34.8 Å². The molecule has 0 bridgehead atoms. The predicted octanol–water partition coefficient (Wildman–Crippen LogP) is 7.58. The highest BCUT2D eigenvalue weighted by atomic mass is 35.5. The molecule has 0 radical (unpaired) electrons. The molecule has 0 saturated carbocycles. The van der Waals surface area contributed by atoms with Gasteiger partial charge in [0.05, 0.1) is 5.57 Å². The number of rotatable bonds is 9. The second-order valence-corrected chi connectivity index (χ2v) is 9.37. The lowest BCUT2D eigenvalue weighted by molar-refractivity contribution is -0.110. The van der Waals surface area contributed by atoms with E-state index < -0.39 is 0 Å². The standard InChI is InChI=1S/C28H34ClN3O.C2H6/c1-3-4-11-20-17-19(10-9-16-30-2)26(31-20)18-23-27-22(13-8-15-25(27)32-28(23)33)21-12-6-5-7-14-24(21)29;1-2/h5,7-8,13-15,17-18,21,30-31H,3-4,6,9-12,16H2,1-2H3,(H,32,33);1-2H3/b23-18-;. The Morgan fingerprint density at radius 1 is 1.20 bits per heavy atom. The number of aromatic amines is 1. The van der Waals surface area contributed by atoms with E-state index >= 15 is 0 Å². The minimum Gasteiger partial charge on any atom is -0.359 e. The van der Waals surface area contributed by atoms with E-state index in [-0.39, 0.29) is 11.8 Å². The number of anilines is 1. The summed E-state index contributed by atoms with van der Waals surface area (Å²) < 4.78 is 0. The molecule has 1 aromatic heterocycles. The number of carbonyl (C=O) groups is 1. The summed E-state index contributed by atoms with van der Waals surface area (Å²) in [4.78, 5) is 16.7. The van der Waals surface area contributed by atoms with Gasteiger partial charge in [-0.2, -0.15) is 0 Å². The second kappa shape index (κ2) is 13.5. The monoisotopic (exact) mass is 493 g/mol. The van der Waals surface area contributed by atoms with Crippen LogP contribution in [0.2, 0.25) is 0 Å². The molecule has 1 aromatic carbocycles. The molecule has 188 valence electrons. The molecule has 2 heterocycles. The normalized spacial score (nSPS) is 18.0. The molecule has 35 heavy (non-hydrogen) atoms. The Morgan fingerprint density at radius 2 is 2.03 bits per heavy atom. The molecule has 1 unspecified atom stereocenters. The Labute approximate surface area is 215 Å². The fraction of sp³-hybridized carbons (Fsp3) is 0.433. The summed E-state index contributed by atoms with van der Waals surface area (Å²) in [7, 11) is 1.98. The quantitative estimate of drug-likeness (QED) is 0.249. The van der Waals surface area contributed by atoms with Crippen LogP contribution in [0.3, 0.4) is 0 Å². The van der Waals surface area contributed by atoms with Gasteiger partial charge < -0.3 is 15.6 Å². The van der Waals surface area contributed by atoms with Crippen LogP contribution in [0.4, 0.5) is 5.69 Å². The summed E-state index contributed by atoms with van der Waals surface area (Å²) in [5, 5.41) is 7.14. The first-order chi connectivity index (χ1) is 17.1. The van der Waals surface area contributed by atoms with Gasteiger partial charge in [0.15, 0.2) is 0 Å². The molecule has 4 rings (SSSR count). The van der Waals surface area contributed by atoms with Gasteiger partial charge in [-0.25, -0.2) is 0 Å². The van der Waals surface area contributed by atoms with E-state index in [2.05, 4.69) is 46.8 Å². The van der Waals surface area contributed by atoms with Crippen LogP contribution in [0.5, 0.6) is 0 Å². The van der Waals surface area contributed by atoms with Crippen molar-refractivity contribution in [3.63, 3.8) is 0 Å². The number of amides is 1. The largest absolute Gasteiger partial charge is 0.359 e. The van der Waals surface area contributed by atoms with Crippen molar-refractivity contribution in [2.75, 3.05) is 18.9 Å². The number of hydrogen-bond donors (Lipinski definition) is 3. The summed E-state index contributed by atoms with van der Waals surface area (Å²) in [6.07, 6.45) is 15.5. The summed E-state index contributed by atoms with van der Waals surface area (Å²) >= 11 is 6.69. The van der Waals surface area contributed by atoms with Gasteiger partial charge in [-0.3, -0.25) is 4.79 Å². The molecule has 1 aliphatic heterocycles. The van der Waals surface area contributed by atoms with Crippen molar-refractivity contribution in [1.29, 1.82) is 0 Å². The lowest BCUT2D eigenvalue weighted by atomic mass is 9.87. The lowest BCUT2D eigenvalue weighted by Gasteiger charge is -2.18. The summed E-state index contributed by atoms with van der Waals surface area (Å²) in [5.41, 5.74) is 7.29. The van der Waals surface area contributed by atoms with Crippen molar-refractivity contribution in [3.8, 4) is 0 Å². The Hall–Kier alpha value is -2.56. The highest BCUT2D eigenvalue weighted by Gasteiger charge is 2.31. The number of nitrogens with one attached hydrogen (secondary N) is 3. The maximum Gasteiger partial charge on any atom is 0.256 e. The number of aryl methyl sites for hydroxylation is 2. The van der Waals surface area contributed by atoms with Gasteiger partial charge in [0.25, 0.3) is 5.91 Å². The van der Waals surface area contributed by atoms with Gasteiger partial charge in [-0.1, -0.05) is 63.1 Å². The molecule has 1 atom stereocenters. The van der Waals surface area contributed by atoms with E-state index in [1.54, 1.807) is 0 Å². The number of hydrogen-bond acceptors (Lipinski definition) is 2.